The second kappa shape index (κ2) is 13.2. The summed E-state index contributed by atoms with van der Waals surface area (Å²) in [5, 5.41) is 9.02. The summed E-state index contributed by atoms with van der Waals surface area (Å²) < 4.78 is 5.74. The number of pyridine rings is 1. The van der Waals surface area contributed by atoms with Crippen LogP contribution in [0.3, 0.4) is 0 Å². The third-order valence-corrected chi connectivity index (χ3v) is 6.15. The molecule has 2 N–H and O–H groups in total. The number of rotatable bonds is 8. The summed E-state index contributed by atoms with van der Waals surface area (Å²) >= 11 is 1.81. The van der Waals surface area contributed by atoms with Gasteiger partial charge in [0.15, 0.2) is 5.96 Å². The van der Waals surface area contributed by atoms with Crippen LogP contribution in [0.25, 0.3) is 0 Å². The lowest BCUT2D eigenvalue weighted by atomic mass is 10.1. The highest BCUT2D eigenvalue weighted by Crippen LogP contribution is 2.27. The molecule has 2 atom stereocenters. The van der Waals surface area contributed by atoms with Crippen LogP contribution in [-0.2, 0) is 11.2 Å². The number of nitrogens with one attached hydrogen (secondary N) is 2. The first kappa shape index (κ1) is 25.0. The van der Waals surface area contributed by atoms with Crippen molar-refractivity contribution in [2.24, 2.45) is 4.99 Å². The van der Waals surface area contributed by atoms with Gasteiger partial charge in [-0.25, -0.2) is 0 Å². The van der Waals surface area contributed by atoms with E-state index in [4.69, 9.17) is 9.73 Å². The van der Waals surface area contributed by atoms with Gasteiger partial charge in [-0.15, -0.1) is 35.3 Å². The van der Waals surface area contributed by atoms with Gasteiger partial charge in [0, 0.05) is 43.4 Å². The van der Waals surface area contributed by atoms with Gasteiger partial charge in [0.2, 0.25) is 0 Å². The quantitative estimate of drug-likeness (QED) is 0.303. The molecule has 166 valence electrons. The number of aliphatic imine (C=N–C) groups is 1. The molecular weight excluding hydrogens is 509 g/mol. The standard InChI is InChI=1S/C22H33N5OS.HI/c1-4-24-22(25-10-8-19-7-9-23-14-17(19)2)26-15-20(21-6-5-13-29-21)27-11-12-28-18(3)16-27;/h5-7,9,13-14,18,20H,4,8,10-12,15-16H2,1-3H3,(H2,24,25,26);1H. The number of aryl methyl sites for hydroxylation is 1. The number of halogens is 1. The van der Waals surface area contributed by atoms with E-state index in [0.29, 0.717) is 6.04 Å². The molecule has 3 rings (SSSR count). The van der Waals surface area contributed by atoms with E-state index in [9.17, 15) is 0 Å². The lowest BCUT2D eigenvalue weighted by Gasteiger charge is -2.36. The Bertz CT molecular complexity index is 771. The average Bonchev–Trinajstić information content (AvgIpc) is 3.24. The van der Waals surface area contributed by atoms with Crippen LogP contribution in [0.15, 0.2) is 41.0 Å². The minimum Gasteiger partial charge on any atom is -0.376 e. The minimum absolute atomic E-state index is 0. The molecule has 30 heavy (non-hydrogen) atoms. The van der Waals surface area contributed by atoms with E-state index >= 15 is 0 Å². The molecule has 8 heteroatoms. The van der Waals surface area contributed by atoms with Crippen LogP contribution in [0.5, 0.6) is 0 Å². The van der Waals surface area contributed by atoms with Crippen molar-refractivity contribution in [3.8, 4) is 0 Å². The number of guanidine groups is 1. The Kier molecular flexibility index (Phi) is 11.0. The molecule has 0 bridgehead atoms. The van der Waals surface area contributed by atoms with Gasteiger partial charge in [0.1, 0.15) is 0 Å². The maximum absolute atomic E-state index is 5.74. The van der Waals surface area contributed by atoms with Crippen molar-refractivity contribution in [1.82, 2.24) is 20.5 Å². The van der Waals surface area contributed by atoms with Gasteiger partial charge < -0.3 is 15.4 Å². The van der Waals surface area contributed by atoms with Gasteiger partial charge >= 0.3 is 0 Å². The molecule has 0 radical (unpaired) electrons. The molecule has 0 amide bonds. The van der Waals surface area contributed by atoms with E-state index in [1.54, 1.807) is 0 Å². The fraction of sp³-hybridized carbons (Fsp3) is 0.545. The number of thiophene rings is 1. The predicted molar refractivity (Wildman–Crippen MR) is 136 cm³/mol. The number of nitrogens with zero attached hydrogens (tertiary/aromatic N) is 3. The molecule has 0 saturated carbocycles. The zero-order chi connectivity index (χ0) is 20.5. The van der Waals surface area contributed by atoms with Crippen molar-refractivity contribution in [3.05, 3.63) is 52.0 Å². The van der Waals surface area contributed by atoms with E-state index < -0.39 is 0 Å². The predicted octanol–water partition coefficient (Wildman–Crippen LogP) is 3.63. The molecule has 0 spiro atoms. The van der Waals surface area contributed by atoms with Crippen LogP contribution in [0.2, 0.25) is 0 Å². The van der Waals surface area contributed by atoms with Crippen molar-refractivity contribution in [2.75, 3.05) is 39.3 Å². The lowest BCUT2D eigenvalue weighted by Crippen LogP contribution is -2.44. The third kappa shape index (κ3) is 7.47. The van der Waals surface area contributed by atoms with Crippen LogP contribution in [0, 0.1) is 6.92 Å². The van der Waals surface area contributed by atoms with E-state index in [1.807, 2.05) is 23.7 Å². The summed E-state index contributed by atoms with van der Waals surface area (Å²) in [5.41, 5.74) is 2.55. The van der Waals surface area contributed by atoms with Crippen LogP contribution >= 0.6 is 35.3 Å². The first-order chi connectivity index (χ1) is 14.2. The number of hydrogen-bond acceptors (Lipinski definition) is 5. The molecule has 3 heterocycles. The van der Waals surface area contributed by atoms with E-state index in [1.165, 1.54) is 16.0 Å². The molecular formula is C22H34IN5OS. The molecule has 6 nitrogen and oxygen atoms in total. The van der Waals surface area contributed by atoms with Crippen molar-refractivity contribution in [1.29, 1.82) is 0 Å². The Labute approximate surface area is 201 Å². The molecule has 1 aliphatic rings. The fourth-order valence-corrected chi connectivity index (χ4v) is 4.46. The lowest BCUT2D eigenvalue weighted by molar-refractivity contribution is -0.0327. The highest BCUT2D eigenvalue weighted by Gasteiger charge is 2.26. The minimum atomic E-state index is 0. The highest BCUT2D eigenvalue weighted by atomic mass is 127. The summed E-state index contributed by atoms with van der Waals surface area (Å²) in [6.45, 7) is 11.5. The Morgan fingerprint density at radius 3 is 2.97 bits per heavy atom. The Hall–Kier alpha value is -1.23. The third-order valence-electron chi connectivity index (χ3n) is 5.17. The maximum Gasteiger partial charge on any atom is 0.191 e. The number of morpholine rings is 1. The fourth-order valence-electron chi connectivity index (χ4n) is 3.61. The van der Waals surface area contributed by atoms with Crippen molar-refractivity contribution in [3.63, 3.8) is 0 Å². The van der Waals surface area contributed by atoms with Gasteiger partial charge in [-0.2, -0.15) is 0 Å². The summed E-state index contributed by atoms with van der Waals surface area (Å²) in [4.78, 5) is 13.0. The average molecular weight is 544 g/mol. The van der Waals surface area contributed by atoms with E-state index in [2.05, 4.69) is 64.9 Å². The normalized spacial score (nSPS) is 18.5. The van der Waals surface area contributed by atoms with Crippen molar-refractivity contribution < 1.29 is 4.74 Å². The largest absolute Gasteiger partial charge is 0.376 e. The van der Waals surface area contributed by atoms with Gasteiger partial charge in [-0.05, 0) is 55.8 Å². The zero-order valence-corrected chi connectivity index (χ0v) is 21.3. The molecule has 1 aliphatic heterocycles. The molecule has 2 unspecified atom stereocenters. The van der Waals surface area contributed by atoms with Crippen LogP contribution < -0.4 is 10.6 Å². The summed E-state index contributed by atoms with van der Waals surface area (Å²) in [7, 11) is 0. The number of hydrogen-bond donors (Lipinski definition) is 2. The van der Waals surface area contributed by atoms with Gasteiger partial charge in [-0.1, -0.05) is 6.07 Å². The second-order valence-corrected chi connectivity index (χ2v) is 8.39. The maximum atomic E-state index is 5.74. The summed E-state index contributed by atoms with van der Waals surface area (Å²) in [6, 6.07) is 6.73. The number of ether oxygens (including phenoxy) is 1. The van der Waals surface area contributed by atoms with Crippen molar-refractivity contribution >= 4 is 41.3 Å². The van der Waals surface area contributed by atoms with E-state index in [-0.39, 0.29) is 30.1 Å². The van der Waals surface area contributed by atoms with Gasteiger partial charge in [-0.3, -0.25) is 14.9 Å². The summed E-state index contributed by atoms with van der Waals surface area (Å²) in [6.07, 6.45) is 5.00. The first-order valence-electron chi connectivity index (χ1n) is 10.5. The Balaban J connectivity index is 0.00000320. The van der Waals surface area contributed by atoms with Crippen molar-refractivity contribution in [2.45, 2.75) is 39.3 Å². The highest BCUT2D eigenvalue weighted by molar-refractivity contribution is 14.0. The summed E-state index contributed by atoms with van der Waals surface area (Å²) in [5.74, 6) is 0.877. The van der Waals surface area contributed by atoms with Crippen LogP contribution in [0.1, 0.15) is 35.9 Å². The van der Waals surface area contributed by atoms with Gasteiger partial charge in [0.05, 0.1) is 25.3 Å². The number of aromatic nitrogens is 1. The monoisotopic (exact) mass is 543 g/mol. The zero-order valence-electron chi connectivity index (χ0n) is 18.1. The first-order valence-corrected chi connectivity index (χ1v) is 11.4. The molecule has 0 aromatic carbocycles. The Morgan fingerprint density at radius 1 is 1.40 bits per heavy atom. The Morgan fingerprint density at radius 2 is 2.27 bits per heavy atom. The van der Waals surface area contributed by atoms with Gasteiger partial charge in [0.25, 0.3) is 0 Å². The SMILES string of the molecule is CCNC(=NCC(c1cccs1)N1CCOC(C)C1)NCCc1ccncc1C.I. The van der Waals surface area contributed by atoms with Crippen LogP contribution in [0.4, 0.5) is 0 Å². The topological polar surface area (TPSA) is 61.8 Å². The van der Waals surface area contributed by atoms with Crippen LogP contribution in [-0.4, -0.2) is 61.3 Å². The smallest absolute Gasteiger partial charge is 0.191 e. The second-order valence-electron chi connectivity index (χ2n) is 7.41. The molecule has 1 fully saturated rings. The molecule has 2 aromatic heterocycles. The molecule has 1 saturated heterocycles. The molecule has 0 aliphatic carbocycles. The van der Waals surface area contributed by atoms with E-state index in [0.717, 1.165) is 51.7 Å². The molecule has 2 aromatic rings.